The van der Waals surface area contributed by atoms with Crippen molar-refractivity contribution >= 4 is 22.7 Å². The second kappa shape index (κ2) is 7.82. The lowest BCUT2D eigenvalue weighted by molar-refractivity contribution is 0.0927. The third-order valence-corrected chi connectivity index (χ3v) is 4.13. The number of hydrogen-bond acceptors (Lipinski definition) is 3. The average molecular weight is 367 g/mol. The maximum Gasteiger partial charge on any atom is 0.261 e. The smallest absolute Gasteiger partial charge is 0.261 e. The Hall–Kier alpha value is -3.48. The molecule has 3 N–H and O–H groups in total. The first-order chi connectivity index (χ1) is 13.0. The minimum absolute atomic E-state index is 0.000585. The van der Waals surface area contributed by atoms with Crippen LogP contribution >= 0.6 is 0 Å². The van der Waals surface area contributed by atoms with Gasteiger partial charge in [-0.25, -0.2) is 4.39 Å². The van der Waals surface area contributed by atoms with Crippen LogP contribution in [-0.2, 0) is 0 Å². The molecule has 27 heavy (non-hydrogen) atoms. The molecule has 1 heterocycles. The monoisotopic (exact) mass is 367 g/mol. The van der Waals surface area contributed by atoms with E-state index in [2.05, 4.69) is 15.6 Å². The normalized spacial score (nSPS) is 10.6. The molecule has 0 aliphatic heterocycles. The van der Waals surface area contributed by atoms with Crippen molar-refractivity contribution in [3.63, 3.8) is 0 Å². The van der Waals surface area contributed by atoms with Crippen LogP contribution in [0.3, 0.4) is 0 Å². The van der Waals surface area contributed by atoms with E-state index in [1.54, 1.807) is 25.1 Å². The van der Waals surface area contributed by atoms with E-state index >= 15 is 0 Å². The van der Waals surface area contributed by atoms with Crippen molar-refractivity contribution in [1.82, 2.24) is 15.6 Å². The van der Waals surface area contributed by atoms with Gasteiger partial charge in [-0.3, -0.25) is 14.4 Å². The van der Waals surface area contributed by atoms with Gasteiger partial charge in [0.1, 0.15) is 11.4 Å². The number of pyridine rings is 1. The number of aromatic amines is 1. The number of amides is 2. The summed E-state index contributed by atoms with van der Waals surface area (Å²) in [5.41, 5.74) is 0.831. The lowest BCUT2D eigenvalue weighted by Crippen LogP contribution is -2.36. The van der Waals surface area contributed by atoms with Crippen LogP contribution in [0.5, 0.6) is 0 Å². The van der Waals surface area contributed by atoms with Gasteiger partial charge in [-0.15, -0.1) is 0 Å². The van der Waals surface area contributed by atoms with E-state index in [1.165, 1.54) is 18.2 Å². The van der Waals surface area contributed by atoms with Crippen LogP contribution < -0.4 is 16.2 Å². The molecule has 6 nitrogen and oxygen atoms in total. The van der Waals surface area contributed by atoms with E-state index in [0.717, 1.165) is 11.5 Å². The molecule has 0 atom stereocenters. The number of aromatic nitrogens is 1. The molecule has 138 valence electrons. The van der Waals surface area contributed by atoms with Crippen molar-refractivity contribution < 1.29 is 14.0 Å². The fourth-order valence-electron chi connectivity index (χ4n) is 2.60. The molecule has 0 aliphatic carbocycles. The number of hydrogen-bond donors (Lipinski definition) is 3. The predicted octanol–water partition coefficient (Wildman–Crippen LogP) is 2.14. The van der Waals surface area contributed by atoms with Gasteiger partial charge >= 0.3 is 0 Å². The fraction of sp³-hybridized carbons (Fsp3) is 0.150. The molecule has 2 amide bonds. The summed E-state index contributed by atoms with van der Waals surface area (Å²) >= 11 is 0. The summed E-state index contributed by atoms with van der Waals surface area (Å²) < 4.78 is 13.5. The molecule has 0 radical (unpaired) electrons. The van der Waals surface area contributed by atoms with E-state index < -0.39 is 23.2 Å². The standard InChI is InChI=1S/C20H18FN3O3/c1-12-6-7-14(11-16(12)21)18(25)22-8-9-23-19(26)15-10-13-4-2-3-5-17(13)24-20(15)27/h2-7,10-11H,8-9H2,1H3,(H,22,25)(H,23,26)(H,24,27). The van der Waals surface area contributed by atoms with Gasteiger partial charge in [0.05, 0.1) is 0 Å². The van der Waals surface area contributed by atoms with E-state index in [-0.39, 0.29) is 24.2 Å². The first-order valence-electron chi connectivity index (χ1n) is 8.40. The van der Waals surface area contributed by atoms with Crippen molar-refractivity contribution in [2.45, 2.75) is 6.92 Å². The summed E-state index contributed by atoms with van der Waals surface area (Å²) in [6.07, 6.45) is 0. The van der Waals surface area contributed by atoms with Crippen LogP contribution in [0.4, 0.5) is 4.39 Å². The third-order valence-electron chi connectivity index (χ3n) is 4.13. The highest BCUT2D eigenvalue weighted by atomic mass is 19.1. The maximum atomic E-state index is 13.5. The predicted molar refractivity (Wildman–Crippen MR) is 100 cm³/mol. The molecule has 0 bridgehead atoms. The summed E-state index contributed by atoms with van der Waals surface area (Å²) in [5, 5.41) is 5.92. The Morgan fingerprint density at radius 2 is 1.70 bits per heavy atom. The number of rotatable bonds is 5. The summed E-state index contributed by atoms with van der Waals surface area (Å²) in [5.74, 6) is -1.42. The van der Waals surface area contributed by atoms with Gasteiger partial charge in [-0.1, -0.05) is 24.3 Å². The summed E-state index contributed by atoms with van der Waals surface area (Å²) in [6.45, 7) is 1.89. The Bertz CT molecular complexity index is 1080. The number of benzene rings is 2. The van der Waals surface area contributed by atoms with Gasteiger partial charge in [0.2, 0.25) is 0 Å². The van der Waals surface area contributed by atoms with Gasteiger partial charge in [-0.05, 0) is 42.1 Å². The quantitative estimate of drug-likeness (QED) is 0.604. The second-order valence-corrected chi connectivity index (χ2v) is 6.08. The van der Waals surface area contributed by atoms with Crippen molar-refractivity contribution in [2.75, 3.05) is 13.1 Å². The number of fused-ring (bicyclic) bond motifs is 1. The number of aryl methyl sites for hydroxylation is 1. The zero-order valence-corrected chi connectivity index (χ0v) is 14.6. The molecule has 0 saturated carbocycles. The van der Waals surface area contributed by atoms with Crippen LogP contribution in [0.25, 0.3) is 10.9 Å². The molecular formula is C20H18FN3O3. The van der Waals surface area contributed by atoms with Crippen molar-refractivity contribution in [2.24, 2.45) is 0 Å². The van der Waals surface area contributed by atoms with E-state index in [1.807, 2.05) is 6.07 Å². The second-order valence-electron chi connectivity index (χ2n) is 6.08. The number of halogens is 1. The molecule has 3 aromatic rings. The third kappa shape index (κ3) is 4.20. The summed E-state index contributed by atoms with van der Waals surface area (Å²) in [7, 11) is 0. The largest absolute Gasteiger partial charge is 0.350 e. The Kier molecular flexibility index (Phi) is 5.30. The van der Waals surface area contributed by atoms with E-state index in [9.17, 15) is 18.8 Å². The van der Waals surface area contributed by atoms with Crippen molar-refractivity contribution in [3.8, 4) is 0 Å². The minimum atomic E-state index is -0.530. The van der Waals surface area contributed by atoms with Crippen LogP contribution in [0, 0.1) is 12.7 Å². The Balaban J connectivity index is 1.57. The molecule has 3 rings (SSSR count). The zero-order valence-electron chi connectivity index (χ0n) is 14.6. The highest BCUT2D eigenvalue weighted by Gasteiger charge is 2.12. The van der Waals surface area contributed by atoms with E-state index in [4.69, 9.17) is 0 Å². The van der Waals surface area contributed by atoms with Gasteiger partial charge < -0.3 is 15.6 Å². The highest BCUT2D eigenvalue weighted by molar-refractivity contribution is 5.97. The van der Waals surface area contributed by atoms with Crippen LogP contribution in [0.15, 0.2) is 53.3 Å². The lowest BCUT2D eigenvalue weighted by atomic mass is 10.1. The average Bonchev–Trinajstić information content (AvgIpc) is 2.66. The summed E-state index contributed by atoms with van der Waals surface area (Å²) in [4.78, 5) is 38.9. The Morgan fingerprint density at radius 1 is 1.00 bits per heavy atom. The first kappa shape index (κ1) is 18.3. The first-order valence-corrected chi connectivity index (χ1v) is 8.40. The van der Waals surface area contributed by atoms with Crippen molar-refractivity contribution in [1.29, 1.82) is 0 Å². The van der Waals surface area contributed by atoms with Gasteiger partial charge in [0, 0.05) is 24.2 Å². The van der Waals surface area contributed by atoms with Crippen LogP contribution in [0.1, 0.15) is 26.3 Å². The molecule has 0 aliphatic rings. The molecule has 1 aromatic heterocycles. The molecule has 7 heteroatoms. The molecule has 0 spiro atoms. The molecule has 2 aromatic carbocycles. The Morgan fingerprint density at radius 3 is 2.44 bits per heavy atom. The van der Waals surface area contributed by atoms with E-state index in [0.29, 0.717) is 11.1 Å². The minimum Gasteiger partial charge on any atom is -0.350 e. The molecule has 0 unspecified atom stereocenters. The Labute approximate surface area is 154 Å². The fourth-order valence-corrected chi connectivity index (χ4v) is 2.60. The topological polar surface area (TPSA) is 91.1 Å². The van der Waals surface area contributed by atoms with Gasteiger partial charge in [0.25, 0.3) is 17.4 Å². The number of carbonyl (C=O) groups is 2. The number of H-pyrrole nitrogens is 1. The number of para-hydroxylation sites is 1. The number of carbonyl (C=O) groups excluding carboxylic acids is 2. The SMILES string of the molecule is Cc1ccc(C(=O)NCCNC(=O)c2cc3ccccc3[nH]c2=O)cc1F. The maximum absolute atomic E-state index is 13.5. The van der Waals surface area contributed by atoms with Gasteiger partial charge in [0.15, 0.2) is 0 Å². The van der Waals surface area contributed by atoms with Crippen molar-refractivity contribution in [3.05, 3.63) is 81.4 Å². The highest BCUT2D eigenvalue weighted by Crippen LogP contribution is 2.10. The van der Waals surface area contributed by atoms with Crippen LogP contribution in [0.2, 0.25) is 0 Å². The summed E-state index contributed by atoms with van der Waals surface area (Å²) in [6, 6.07) is 12.9. The van der Waals surface area contributed by atoms with Gasteiger partial charge in [-0.2, -0.15) is 0 Å². The molecular weight excluding hydrogens is 349 g/mol. The molecule has 0 fully saturated rings. The van der Waals surface area contributed by atoms with Crippen LogP contribution in [-0.4, -0.2) is 29.9 Å². The molecule has 0 saturated heterocycles. The number of nitrogens with one attached hydrogen (secondary N) is 3. The zero-order chi connectivity index (χ0) is 19.4. The lowest BCUT2D eigenvalue weighted by Gasteiger charge is -2.08.